The first-order chi connectivity index (χ1) is 15.5. The highest BCUT2D eigenvalue weighted by atomic mass is 32.2. The van der Waals surface area contributed by atoms with Gasteiger partial charge in [0.1, 0.15) is 0 Å². The van der Waals surface area contributed by atoms with Crippen molar-refractivity contribution in [3.05, 3.63) is 76.7 Å². The van der Waals surface area contributed by atoms with Crippen molar-refractivity contribution in [2.45, 2.75) is 69.6 Å². The number of carbonyl (C=O) groups is 1. The van der Waals surface area contributed by atoms with Crippen LogP contribution in [0.4, 0.5) is 0 Å². The first-order valence-electron chi connectivity index (χ1n) is 11.9. The van der Waals surface area contributed by atoms with Gasteiger partial charge in [-0.3, -0.25) is 4.79 Å². The van der Waals surface area contributed by atoms with Gasteiger partial charge in [0.05, 0.1) is 16.3 Å². The summed E-state index contributed by atoms with van der Waals surface area (Å²) in [5, 5.41) is 0. The number of benzene rings is 2. The van der Waals surface area contributed by atoms with Crippen molar-refractivity contribution in [2.24, 2.45) is 0 Å². The molecule has 2 aromatic rings. The van der Waals surface area contributed by atoms with E-state index < -0.39 is 9.84 Å². The molecule has 32 heavy (non-hydrogen) atoms. The van der Waals surface area contributed by atoms with Crippen LogP contribution in [0.25, 0.3) is 0 Å². The molecule has 1 heterocycles. The van der Waals surface area contributed by atoms with Gasteiger partial charge in [0.25, 0.3) is 5.91 Å². The summed E-state index contributed by atoms with van der Waals surface area (Å²) >= 11 is 0. The van der Waals surface area contributed by atoms with Crippen LogP contribution < -0.4 is 0 Å². The summed E-state index contributed by atoms with van der Waals surface area (Å²) in [6, 6.07) is 17.7. The molecular formula is C27H35NO3S. The zero-order valence-corrected chi connectivity index (χ0v) is 19.9. The van der Waals surface area contributed by atoms with E-state index in [1.54, 1.807) is 41.3 Å². The summed E-state index contributed by atoms with van der Waals surface area (Å²) in [6.45, 7) is 2.77. The topological polar surface area (TPSA) is 54.5 Å². The predicted molar refractivity (Wildman–Crippen MR) is 130 cm³/mol. The van der Waals surface area contributed by atoms with Gasteiger partial charge in [-0.25, -0.2) is 8.42 Å². The van der Waals surface area contributed by atoms with Crippen molar-refractivity contribution in [1.82, 2.24) is 4.90 Å². The van der Waals surface area contributed by atoms with Crippen LogP contribution in [-0.4, -0.2) is 32.3 Å². The van der Waals surface area contributed by atoms with Crippen molar-refractivity contribution < 1.29 is 13.2 Å². The third-order valence-corrected chi connectivity index (χ3v) is 8.09. The number of sulfone groups is 1. The lowest BCUT2D eigenvalue weighted by molar-refractivity contribution is 0.0796. The highest BCUT2D eigenvalue weighted by Gasteiger charge is 2.34. The zero-order chi connectivity index (χ0) is 22.8. The van der Waals surface area contributed by atoms with Crippen molar-refractivity contribution in [3.8, 4) is 0 Å². The fourth-order valence-corrected chi connectivity index (χ4v) is 5.95. The van der Waals surface area contributed by atoms with Crippen LogP contribution in [0.2, 0.25) is 0 Å². The molecule has 3 rings (SSSR count). The third kappa shape index (κ3) is 6.32. The van der Waals surface area contributed by atoms with E-state index in [0.29, 0.717) is 21.9 Å². The van der Waals surface area contributed by atoms with E-state index in [0.717, 1.165) is 24.8 Å². The van der Waals surface area contributed by atoms with Crippen molar-refractivity contribution in [1.29, 1.82) is 0 Å². The molecule has 1 amide bonds. The quantitative estimate of drug-likeness (QED) is 0.349. The summed E-state index contributed by atoms with van der Waals surface area (Å²) in [5.74, 6) is -0.114. The highest BCUT2D eigenvalue weighted by molar-refractivity contribution is 7.95. The third-order valence-electron chi connectivity index (χ3n) is 6.13. The molecule has 0 saturated carbocycles. The Kier molecular flexibility index (Phi) is 9.10. The number of hydrogen-bond acceptors (Lipinski definition) is 3. The second kappa shape index (κ2) is 12.0. The molecule has 0 spiro atoms. The normalized spacial score (nSPS) is 14.2. The highest BCUT2D eigenvalue weighted by Crippen LogP contribution is 2.31. The Morgan fingerprint density at radius 2 is 1.34 bits per heavy atom. The molecular weight excluding hydrogens is 418 g/mol. The average molecular weight is 454 g/mol. The van der Waals surface area contributed by atoms with Crippen LogP contribution in [0, 0.1) is 0 Å². The van der Waals surface area contributed by atoms with Gasteiger partial charge in [0.2, 0.25) is 9.84 Å². The molecule has 0 N–H and O–H groups in total. The fraction of sp³-hybridized carbons (Fsp3) is 0.444. The van der Waals surface area contributed by atoms with E-state index in [1.165, 1.54) is 38.5 Å². The molecule has 0 aliphatic carbocycles. The molecule has 1 aliphatic heterocycles. The maximum absolute atomic E-state index is 13.4. The number of amides is 1. The van der Waals surface area contributed by atoms with Gasteiger partial charge < -0.3 is 4.90 Å². The van der Waals surface area contributed by atoms with Gasteiger partial charge in [-0.15, -0.1) is 0 Å². The predicted octanol–water partition coefficient (Wildman–Crippen LogP) is 6.40. The van der Waals surface area contributed by atoms with E-state index in [-0.39, 0.29) is 12.5 Å². The second-order valence-electron chi connectivity index (χ2n) is 8.60. The Hall–Kier alpha value is -2.40. The molecule has 0 saturated heterocycles. The minimum Gasteiger partial charge on any atom is -0.330 e. The summed E-state index contributed by atoms with van der Waals surface area (Å²) in [5.41, 5.74) is 1.49. The molecule has 0 bridgehead atoms. The van der Waals surface area contributed by atoms with Crippen LogP contribution in [0.15, 0.2) is 76.0 Å². The number of nitrogens with zero attached hydrogens (tertiary/aromatic N) is 1. The van der Waals surface area contributed by atoms with Gasteiger partial charge in [0.15, 0.2) is 0 Å². The standard InChI is InChI=1S/C27H35NO3S/c1-2-3-4-5-6-7-8-11-18-24-21-28(27(29)23-16-12-9-13-17-23)22-26(24)32(30,31)25-19-14-10-15-20-25/h9-10,12-17,19-20H,2-8,11,18,21-22H2,1H3. The molecule has 5 heteroatoms. The maximum Gasteiger partial charge on any atom is 0.254 e. The van der Waals surface area contributed by atoms with E-state index in [4.69, 9.17) is 0 Å². The van der Waals surface area contributed by atoms with E-state index in [1.807, 2.05) is 24.3 Å². The number of rotatable bonds is 12. The van der Waals surface area contributed by atoms with Crippen molar-refractivity contribution in [2.75, 3.05) is 13.1 Å². The van der Waals surface area contributed by atoms with Gasteiger partial charge in [-0.05, 0) is 42.7 Å². The summed E-state index contributed by atoms with van der Waals surface area (Å²) in [6.07, 6.45) is 10.4. The lowest BCUT2D eigenvalue weighted by Crippen LogP contribution is -2.30. The Balaban J connectivity index is 1.69. The molecule has 0 aromatic heterocycles. The Morgan fingerprint density at radius 1 is 0.781 bits per heavy atom. The largest absolute Gasteiger partial charge is 0.330 e. The van der Waals surface area contributed by atoms with Crippen molar-refractivity contribution in [3.63, 3.8) is 0 Å². The lowest BCUT2D eigenvalue weighted by Gasteiger charge is -2.17. The number of unbranched alkanes of at least 4 members (excludes halogenated alkanes) is 7. The van der Waals surface area contributed by atoms with E-state index in [9.17, 15) is 13.2 Å². The molecule has 172 valence electrons. The molecule has 4 nitrogen and oxygen atoms in total. The van der Waals surface area contributed by atoms with Crippen LogP contribution in [0.5, 0.6) is 0 Å². The summed E-state index contributed by atoms with van der Waals surface area (Å²) < 4.78 is 26.8. The fourth-order valence-electron chi connectivity index (χ4n) is 4.27. The first kappa shape index (κ1) is 24.2. The van der Waals surface area contributed by atoms with E-state index >= 15 is 0 Å². The Bertz CT molecular complexity index is 998. The first-order valence-corrected chi connectivity index (χ1v) is 13.4. The summed E-state index contributed by atoms with van der Waals surface area (Å²) in [7, 11) is -3.61. The summed E-state index contributed by atoms with van der Waals surface area (Å²) in [4.78, 5) is 15.4. The molecule has 0 unspecified atom stereocenters. The maximum atomic E-state index is 13.4. The average Bonchev–Trinajstić information content (AvgIpc) is 3.26. The number of carbonyl (C=O) groups excluding carboxylic acids is 1. The molecule has 0 atom stereocenters. The van der Waals surface area contributed by atoms with Crippen molar-refractivity contribution >= 4 is 15.7 Å². The van der Waals surface area contributed by atoms with Crippen LogP contribution in [-0.2, 0) is 9.84 Å². The van der Waals surface area contributed by atoms with Gasteiger partial charge in [-0.2, -0.15) is 0 Å². The van der Waals surface area contributed by atoms with E-state index in [2.05, 4.69) is 6.92 Å². The van der Waals surface area contributed by atoms with Crippen LogP contribution in [0.3, 0.4) is 0 Å². The Labute approximate surface area is 193 Å². The SMILES string of the molecule is CCCCCCCCCCC1=C(S(=O)(=O)c2ccccc2)CN(C(=O)c2ccccc2)C1. The second-order valence-corrected chi connectivity index (χ2v) is 10.6. The minimum absolute atomic E-state index is 0.114. The van der Waals surface area contributed by atoms with Gasteiger partial charge in [0, 0.05) is 12.1 Å². The van der Waals surface area contributed by atoms with Crippen LogP contribution in [0.1, 0.15) is 75.1 Å². The molecule has 2 aromatic carbocycles. The Morgan fingerprint density at radius 3 is 1.97 bits per heavy atom. The van der Waals surface area contributed by atoms with Gasteiger partial charge in [-0.1, -0.05) is 88.3 Å². The molecule has 0 fully saturated rings. The van der Waals surface area contributed by atoms with Gasteiger partial charge >= 0.3 is 0 Å². The molecule has 0 radical (unpaired) electrons. The van der Waals surface area contributed by atoms with Crippen LogP contribution >= 0.6 is 0 Å². The lowest BCUT2D eigenvalue weighted by atomic mass is 10.0. The monoisotopic (exact) mass is 453 g/mol. The molecule has 1 aliphatic rings. The number of hydrogen-bond donors (Lipinski definition) is 0. The smallest absolute Gasteiger partial charge is 0.254 e. The minimum atomic E-state index is -3.61. The zero-order valence-electron chi connectivity index (χ0n) is 19.1.